The van der Waals surface area contributed by atoms with Crippen LogP contribution in [0.25, 0.3) is 10.9 Å². The molecule has 2 aliphatic heterocycles. The van der Waals surface area contributed by atoms with Crippen molar-refractivity contribution in [3.8, 4) is 0 Å². The predicted octanol–water partition coefficient (Wildman–Crippen LogP) is 2.39. The van der Waals surface area contributed by atoms with Crippen molar-refractivity contribution < 1.29 is 9.59 Å². The molecule has 23 heavy (non-hydrogen) atoms. The summed E-state index contributed by atoms with van der Waals surface area (Å²) < 4.78 is 0. The molecule has 0 unspecified atom stereocenters. The molecule has 5 heteroatoms. The Hall–Kier alpha value is -2.30. The number of nitrogens with one attached hydrogen (secondary N) is 1. The van der Waals surface area contributed by atoms with Gasteiger partial charge in [0.05, 0.1) is 0 Å². The van der Waals surface area contributed by atoms with Crippen LogP contribution in [0.5, 0.6) is 0 Å². The molecular weight excluding hydrogens is 290 g/mol. The van der Waals surface area contributed by atoms with Crippen LogP contribution in [0.4, 0.5) is 0 Å². The molecule has 0 bridgehead atoms. The van der Waals surface area contributed by atoms with Gasteiger partial charge in [-0.3, -0.25) is 9.59 Å². The van der Waals surface area contributed by atoms with E-state index in [9.17, 15) is 9.59 Å². The summed E-state index contributed by atoms with van der Waals surface area (Å²) in [5, 5.41) is 0.981. The van der Waals surface area contributed by atoms with Crippen molar-refractivity contribution in [1.82, 2.24) is 14.8 Å². The summed E-state index contributed by atoms with van der Waals surface area (Å²) in [5.41, 5.74) is 1.76. The molecule has 120 valence electrons. The normalized spacial score (nSPS) is 19.7. The molecule has 0 saturated carbocycles. The first-order valence-electron chi connectivity index (χ1n) is 8.39. The third-order valence-electron chi connectivity index (χ3n) is 5.13. The van der Waals surface area contributed by atoms with E-state index in [2.05, 4.69) is 4.98 Å². The fraction of sp³-hybridized carbons (Fsp3) is 0.444. The highest BCUT2D eigenvalue weighted by Crippen LogP contribution is 2.25. The molecule has 2 aliphatic rings. The zero-order chi connectivity index (χ0) is 15.8. The van der Waals surface area contributed by atoms with Gasteiger partial charge in [0, 0.05) is 54.8 Å². The third-order valence-corrected chi connectivity index (χ3v) is 5.13. The smallest absolute Gasteiger partial charge is 0.254 e. The van der Waals surface area contributed by atoms with Crippen molar-refractivity contribution in [1.29, 1.82) is 0 Å². The number of carbonyl (C=O) groups excluding carboxylic acids is 2. The van der Waals surface area contributed by atoms with Crippen LogP contribution in [0.15, 0.2) is 30.5 Å². The first kappa shape index (κ1) is 14.3. The summed E-state index contributed by atoms with van der Waals surface area (Å²) in [7, 11) is 0. The van der Waals surface area contributed by atoms with Crippen LogP contribution < -0.4 is 0 Å². The Labute approximate surface area is 135 Å². The van der Waals surface area contributed by atoms with Crippen LogP contribution in [0.1, 0.15) is 36.0 Å². The Bertz CT molecular complexity index is 744. The average molecular weight is 311 g/mol. The number of fused-ring (bicyclic) bond motifs is 1. The van der Waals surface area contributed by atoms with Crippen LogP contribution in [0.3, 0.4) is 0 Å². The van der Waals surface area contributed by atoms with Gasteiger partial charge in [-0.1, -0.05) is 6.07 Å². The van der Waals surface area contributed by atoms with Crippen molar-refractivity contribution >= 4 is 22.7 Å². The molecule has 5 nitrogen and oxygen atoms in total. The summed E-state index contributed by atoms with van der Waals surface area (Å²) in [5.74, 6) is 0.383. The highest BCUT2D eigenvalue weighted by Gasteiger charge is 2.32. The number of carbonyl (C=O) groups is 2. The van der Waals surface area contributed by atoms with E-state index >= 15 is 0 Å². The lowest BCUT2D eigenvalue weighted by Crippen LogP contribution is -2.47. The maximum atomic E-state index is 12.8. The SMILES string of the molecule is O=C(c1cccc2[nH]ccc12)N1CCC(N2CCCC2=O)CC1. The molecule has 0 aliphatic carbocycles. The van der Waals surface area contributed by atoms with E-state index in [-0.39, 0.29) is 11.8 Å². The zero-order valence-corrected chi connectivity index (χ0v) is 13.1. The molecule has 0 spiro atoms. The predicted molar refractivity (Wildman–Crippen MR) is 88.2 cm³/mol. The number of piperidine rings is 1. The van der Waals surface area contributed by atoms with Gasteiger partial charge in [0.2, 0.25) is 5.91 Å². The molecule has 2 fully saturated rings. The van der Waals surface area contributed by atoms with Crippen LogP contribution in [-0.4, -0.2) is 52.3 Å². The maximum absolute atomic E-state index is 12.8. The Morgan fingerprint density at radius 2 is 1.96 bits per heavy atom. The second kappa shape index (κ2) is 5.72. The van der Waals surface area contributed by atoms with E-state index in [1.165, 1.54) is 0 Å². The van der Waals surface area contributed by atoms with Gasteiger partial charge in [-0.2, -0.15) is 0 Å². The molecule has 1 aromatic heterocycles. The van der Waals surface area contributed by atoms with Crippen LogP contribution in [0.2, 0.25) is 0 Å². The van der Waals surface area contributed by atoms with Gasteiger partial charge >= 0.3 is 0 Å². The van der Waals surface area contributed by atoms with Crippen molar-refractivity contribution in [2.24, 2.45) is 0 Å². The van der Waals surface area contributed by atoms with E-state index in [0.29, 0.717) is 12.5 Å². The third kappa shape index (κ3) is 2.50. The zero-order valence-electron chi connectivity index (χ0n) is 13.1. The lowest BCUT2D eigenvalue weighted by molar-refractivity contribution is -0.130. The molecule has 1 N–H and O–H groups in total. The average Bonchev–Trinajstić information content (AvgIpc) is 3.22. The summed E-state index contributed by atoms with van der Waals surface area (Å²) in [6, 6.07) is 8.07. The lowest BCUT2D eigenvalue weighted by atomic mass is 10.0. The Balaban J connectivity index is 1.47. The lowest BCUT2D eigenvalue weighted by Gasteiger charge is -2.36. The van der Waals surface area contributed by atoms with Crippen molar-refractivity contribution in [2.45, 2.75) is 31.7 Å². The highest BCUT2D eigenvalue weighted by atomic mass is 16.2. The molecular formula is C18H21N3O2. The van der Waals surface area contributed by atoms with Crippen molar-refractivity contribution in [3.63, 3.8) is 0 Å². The minimum atomic E-state index is 0.0985. The second-order valence-electron chi connectivity index (χ2n) is 6.46. The number of aromatic amines is 1. The number of nitrogens with zero attached hydrogens (tertiary/aromatic N) is 2. The fourth-order valence-corrected chi connectivity index (χ4v) is 3.88. The van der Waals surface area contributed by atoms with Crippen LogP contribution in [0, 0.1) is 0 Å². The first-order valence-corrected chi connectivity index (χ1v) is 8.39. The number of rotatable bonds is 2. The van der Waals surface area contributed by atoms with E-state index in [1.54, 1.807) is 0 Å². The fourth-order valence-electron chi connectivity index (χ4n) is 3.88. The van der Waals surface area contributed by atoms with Crippen LogP contribution >= 0.6 is 0 Å². The van der Waals surface area contributed by atoms with Gasteiger partial charge in [0.1, 0.15) is 0 Å². The van der Waals surface area contributed by atoms with Gasteiger partial charge in [0.25, 0.3) is 5.91 Å². The van der Waals surface area contributed by atoms with Gasteiger partial charge in [0.15, 0.2) is 0 Å². The molecule has 0 atom stereocenters. The first-order chi connectivity index (χ1) is 11.2. The summed E-state index contributed by atoms with van der Waals surface area (Å²) >= 11 is 0. The van der Waals surface area contributed by atoms with Crippen molar-refractivity contribution in [2.75, 3.05) is 19.6 Å². The Kier molecular flexibility index (Phi) is 3.56. The quantitative estimate of drug-likeness (QED) is 0.926. The van der Waals surface area contributed by atoms with E-state index in [1.807, 2.05) is 40.3 Å². The monoisotopic (exact) mass is 311 g/mol. The molecule has 2 saturated heterocycles. The van der Waals surface area contributed by atoms with E-state index in [4.69, 9.17) is 0 Å². The highest BCUT2D eigenvalue weighted by molar-refractivity contribution is 6.06. The number of likely N-dealkylation sites (tertiary alicyclic amines) is 2. The minimum absolute atomic E-state index is 0.0985. The van der Waals surface area contributed by atoms with E-state index in [0.717, 1.165) is 55.4 Å². The number of H-pyrrole nitrogens is 1. The second-order valence-corrected chi connectivity index (χ2v) is 6.46. The Morgan fingerprint density at radius 3 is 2.70 bits per heavy atom. The number of hydrogen-bond acceptors (Lipinski definition) is 2. The van der Waals surface area contributed by atoms with E-state index < -0.39 is 0 Å². The molecule has 0 radical (unpaired) electrons. The maximum Gasteiger partial charge on any atom is 0.254 e. The molecule has 2 amide bonds. The van der Waals surface area contributed by atoms with Crippen molar-refractivity contribution in [3.05, 3.63) is 36.0 Å². The number of hydrogen-bond donors (Lipinski definition) is 1. The van der Waals surface area contributed by atoms with Gasteiger partial charge < -0.3 is 14.8 Å². The largest absolute Gasteiger partial charge is 0.361 e. The number of benzene rings is 1. The molecule has 3 heterocycles. The molecule has 4 rings (SSSR count). The molecule has 1 aromatic carbocycles. The summed E-state index contributed by atoms with van der Waals surface area (Å²) in [6.07, 6.45) is 5.32. The van der Waals surface area contributed by atoms with Gasteiger partial charge in [-0.25, -0.2) is 0 Å². The number of amides is 2. The Morgan fingerprint density at radius 1 is 1.13 bits per heavy atom. The molecule has 2 aromatic rings. The standard InChI is InChI=1S/C18H21N3O2/c22-17-5-2-10-21(17)13-7-11-20(12-8-13)18(23)15-3-1-4-16-14(15)6-9-19-16/h1,3-4,6,9,13,19H,2,5,7-8,10-12H2. The topological polar surface area (TPSA) is 56.4 Å². The van der Waals surface area contributed by atoms with Gasteiger partial charge in [-0.15, -0.1) is 0 Å². The summed E-state index contributed by atoms with van der Waals surface area (Å²) in [6.45, 7) is 2.35. The summed E-state index contributed by atoms with van der Waals surface area (Å²) in [4.78, 5) is 31.8. The van der Waals surface area contributed by atoms with Gasteiger partial charge in [-0.05, 0) is 37.5 Å². The minimum Gasteiger partial charge on any atom is -0.361 e. The van der Waals surface area contributed by atoms with Crippen LogP contribution in [-0.2, 0) is 4.79 Å². The number of aromatic nitrogens is 1.